The lowest BCUT2D eigenvalue weighted by Gasteiger charge is -2.36. The third kappa shape index (κ3) is 3.45. The van der Waals surface area contributed by atoms with Crippen LogP contribution in [0.25, 0.3) is 0 Å². The Kier molecular flexibility index (Phi) is 4.62. The molecule has 0 aromatic heterocycles. The number of nitrogens with one attached hydrogen (secondary N) is 1. The van der Waals surface area contributed by atoms with Crippen molar-refractivity contribution in [1.29, 1.82) is 0 Å². The van der Waals surface area contributed by atoms with Crippen LogP contribution < -0.4 is 5.32 Å². The summed E-state index contributed by atoms with van der Waals surface area (Å²) in [5, 5.41) is 2.51. The zero-order valence-corrected chi connectivity index (χ0v) is 14.5. The lowest BCUT2D eigenvalue weighted by molar-refractivity contribution is -0.138. The zero-order chi connectivity index (χ0) is 17.3. The molecular formula is C17H22N2O4S. The summed E-state index contributed by atoms with van der Waals surface area (Å²) < 4.78 is 23.9. The van der Waals surface area contributed by atoms with Gasteiger partial charge in [-0.2, -0.15) is 0 Å². The molecule has 1 aliphatic carbocycles. The van der Waals surface area contributed by atoms with Crippen molar-refractivity contribution in [1.82, 2.24) is 10.2 Å². The van der Waals surface area contributed by atoms with Gasteiger partial charge in [-0.05, 0) is 24.0 Å². The zero-order valence-electron chi connectivity index (χ0n) is 13.7. The molecule has 1 fully saturated rings. The first kappa shape index (κ1) is 17.0. The Morgan fingerprint density at radius 1 is 1.21 bits per heavy atom. The highest BCUT2D eigenvalue weighted by molar-refractivity contribution is 7.91. The van der Waals surface area contributed by atoms with Gasteiger partial charge in [0.1, 0.15) is 0 Å². The molecule has 1 aliphatic heterocycles. The quantitative estimate of drug-likeness (QED) is 0.842. The summed E-state index contributed by atoms with van der Waals surface area (Å²) in [6.07, 6.45) is 1.40. The molecule has 1 heterocycles. The number of nitrogens with zero attached hydrogens (tertiary/aromatic N) is 1. The van der Waals surface area contributed by atoms with Crippen LogP contribution >= 0.6 is 0 Å². The average molecular weight is 350 g/mol. The van der Waals surface area contributed by atoms with Gasteiger partial charge in [-0.1, -0.05) is 24.3 Å². The molecule has 1 atom stereocenters. The second kappa shape index (κ2) is 6.55. The van der Waals surface area contributed by atoms with Crippen molar-refractivity contribution in [3.05, 3.63) is 35.4 Å². The van der Waals surface area contributed by atoms with Crippen LogP contribution in [-0.4, -0.2) is 56.3 Å². The fourth-order valence-corrected chi connectivity index (χ4v) is 5.16. The van der Waals surface area contributed by atoms with Gasteiger partial charge in [-0.15, -0.1) is 0 Å². The summed E-state index contributed by atoms with van der Waals surface area (Å²) in [7, 11) is -1.69. The van der Waals surface area contributed by atoms with Gasteiger partial charge in [-0.25, -0.2) is 8.42 Å². The maximum Gasteiger partial charge on any atom is 0.226 e. The summed E-state index contributed by atoms with van der Waals surface area (Å²) >= 11 is 0. The fraction of sp³-hybridized carbons (Fsp3) is 0.529. The van der Waals surface area contributed by atoms with Crippen LogP contribution in [0, 0.1) is 5.92 Å². The molecule has 2 amide bonds. The lowest BCUT2D eigenvalue weighted by atomic mass is 10.0. The minimum absolute atomic E-state index is 0.0251. The summed E-state index contributed by atoms with van der Waals surface area (Å²) in [4.78, 5) is 26.3. The van der Waals surface area contributed by atoms with Gasteiger partial charge in [0.2, 0.25) is 11.8 Å². The van der Waals surface area contributed by atoms with Crippen molar-refractivity contribution >= 4 is 21.7 Å². The number of sulfone groups is 1. The summed E-state index contributed by atoms with van der Waals surface area (Å²) in [5.74, 6) is -0.593. The second-order valence-electron chi connectivity index (χ2n) is 6.55. The number of benzene rings is 1. The van der Waals surface area contributed by atoms with Crippen molar-refractivity contribution in [2.24, 2.45) is 5.92 Å². The molecule has 1 aromatic rings. The van der Waals surface area contributed by atoms with Crippen molar-refractivity contribution in [2.75, 3.05) is 25.1 Å². The van der Waals surface area contributed by atoms with Crippen LogP contribution in [0.5, 0.6) is 0 Å². The molecule has 0 saturated carbocycles. The number of amides is 2. The number of carbonyl (C=O) groups is 2. The van der Waals surface area contributed by atoms with Crippen LogP contribution in [0.2, 0.25) is 0 Å². The first-order chi connectivity index (χ1) is 11.4. The van der Waals surface area contributed by atoms with E-state index in [4.69, 9.17) is 0 Å². The maximum atomic E-state index is 13.0. The van der Waals surface area contributed by atoms with E-state index in [1.165, 1.54) is 18.2 Å². The lowest BCUT2D eigenvalue weighted by Crippen LogP contribution is -2.54. The van der Waals surface area contributed by atoms with E-state index in [0.29, 0.717) is 12.8 Å². The summed E-state index contributed by atoms with van der Waals surface area (Å²) in [6, 6.07) is 7.43. The molecule has 1 aromatic carbocycles. The molecule has 3 rings (SSSR count). The second-order valence-corrected chi connectivity index (χ2v) is 8.78. The minimum atomic E-state index is -3.20. The summed E-state index contributed by atoms with van der Waals surface area (Å²) in [5.41, 5.74) is 2.37. The van der Waals surface area contributed by atoms with Gasteiger partial charge in [0.25, 0.3) is 0 Å². The minimum Gasteiger partial charge on any atom is -0.359 e. The van der Waals surface area contributed by atoms with Crippen LogP contribution in [-0.2, 0) is 32.3 Å². The van der Waals surface area contributed by atoms with E-state index in [0.717, 1.165) is 0 Å². The Hall–Kier alpha value is -1.89. The number of fused-ring (bicyclic) bond motifs is 1. The van der Waals surface area contributed by atoms with E-state index < -0.39 is 15.9 Å². The van der Waals surface area contributed by atoms with Crippen LogP contribution in [0.15, 0.2) is 24.3 Å². The van der Waals surface area contributed by atoms with Gasteiger partial charge in [0, 0.05) is 25.9 Å². The van der Waals surface area contributed by atoms with Crippen LogP contribution in [0.1, 0.15) is 17.5 Å². The van der Waals surface area contributed by atoms with Crippen molar-refractivity contribution in [3.8, 4) is 0 Å². The largest absolute Gasteiger partial charge is 0.359 e. The summed E-state index contributed by atoms with van der Waals surface area (Å²) in [6.45, 7) is 0.176. The molecule has 0 radical (unpaired) electrons. The van der Waals surface area contributed by atoms with Gasteiger partial charge in [0.05, 0.1) is 17.5 Å². The average Bonchev–Trinajstić information content (AvgIpc) is 2.97. The molecule has 7 heteroatoms. The van der Waals surface area contributed by atoms with Crippen molar-refractivity contribution in [3.63, 3.8) is 0 Å². The highest BCUT2D eigenvalue weighted by atomic mass is 32.2. The smallest absolute Gasteiger partial charge is 0.226 e. The molecule has 6 nitrogen and oxygen atoms in total. The first-order valence-electron chi connectivity index (χ1n) is 8.18. The Bertz CT molecular complexity index is 735. The normalized spacial score (nSPS) is 22.9. The van der Waals surface area contributed by atoms with Crippen molar-refractivity contribution < 1.29 is 18.0 Å². The molecule has 130 valence electrons. The molecular weight excluding hydrogens is 328 g/mol. The molecule has 0 spiro atoms. The highest BCUT2D eigenvalue weighted by Gasteiger charge is 2.39. The topological polar surface area (TPSA) is 83.6 Å². The van der Waals surface area contributed by atoms with E-state index in [2.05, 4.69) is 5.32 Å². The number of hydrogen-bond donors (Lipinski definition) is 1. The van der Waals surface area contributed by atoms with Crippen LogP contribution in [0.4, 0.5) is 0 Å². The Balaban J connectivity index is 1.76. The van der Waals surface area contributed by atoms with Crippen LogP contribution in [0.3, 0.4) is 0 Å². The van der Waals surface area contributed by atoms with E-state index >= 15 is 0 Å². The van der Waals surface area contributed by atoms with Gasteiger partial charge in [-0.3, -0.25) is 9.59 Å². The van der Waals surface area contributed by atoms with Gasteiger partial charge in [0.15, 0.2) is 9.84 Å². The number of carbonyl (C=O) groups excluding carboxylic acids is 2. The number of rotatable bonds is 3. The Morgan fingerprint density at radius 2 is 1.83 bits per heavy atom. The van der Waals surface area contributed by atoms with E-state index in [9.17, 15) is 18.0 Å². The standard InChI is InChI=1S/C17H22N2O4S/c1-18-16(20)10-15-11-24(22,23)7-6-19(15)17(21)14-8-12-4-2-3-5-13(12)9-14/h2-5,14-15H,6-11H2,1H3,(H,18,20). The van der Waals surface area contributed by atoms with Gasteiger partial charge >= 0.3 is 0 Å². The molecule has 1 unspecified atom stereocenters. The fourth-order valence-electron chi connectivity index (χ4n) is 3.63. The predicted molar refractivity (Wildman–Crippen MR) is 90.2 cm³/mol. The predicted octanol–water partition coefficient (Wildman–Crippen LogP) is 0.163. The molecule has 24 heavy (non-hydrogen) atoms. The highest BCUT2D eigenvalue weighted by Crippen LogP contribution is 2.29. The maximum absolute atomic E-state index is 13.0. The SMILES string of the molecule is CNC(=O)CC1CS(=O)(=O)CCN1C(=O)C1Cc2ccccc2C1. The van der Waals surface area contributed by atoms with E-state index in [1.54, 1.807) is 4.90 Å². The first-order valence-corrected chi connectivity index (χ1v) is 10.00. The Labute approximate surface area is 142 Å². The third-order valence-electron chi connectivity index (χ3n) is 4.91. The monoisotopic (exact) mass is 350 g/mol. The molecule has 1 saturated heterocycles. The number of hydrogen-bond acceptors (Lipinski definition) is 4. The van der Waals surface area contributed by atoms with Gasteiger partial charge < -0.3 is 10.2 Å². The Morgan fingerprint density at radius 3 is 2.42 bits per heavy atom. The third-order valence-corrected chi connectivity index (χ3v) is 6.61. The van der Waals surface area contributed by atoms with E-state index in [1.807, 2.05) is 24.3 Å². The molecule has 2 aliphatic rings. The van der Waals surface area contributed by atoms with E-state index in [-0.39, 0.29) is 42.2 Å². The molecule has 0 bridgehead atoms. The molecule has 1 N–H and O–H groups in total. The van der Waals surface area contributed by atoms with Crippen molar-refractivity contribution in [2.45, 2.75) is 25.3 Å².